The molecule has 0 aromatic heterocycles. The number of halogens is 1. The molecule has 0 radical (unpaired) electrons. The van der Waals surface area contributed by atoms with Crippen molar-refractivity contribution in [1.82, 2.24) is 4.90 Å². The van der Waals surface area contributed by atoms with Gasteiger partial charge in [-0.05, 0) is 44.7 Å². The molecule has 1 unspecified atom stereocenters. The van der Waals surface area contributed by atoms with Gasteiger partial charge in [-0.1, -0.05) is 17.7 Å². The number of hydrogen-bond donors (Lipinski definition) is 2. The molecule has 1 fully saturated rings. The van der Waals surface area contributed by atoms with Crippen LogP contribution in [0.4, 0.5) is 0 Å². The molecule has 0 saturated carbocycles. The highest BCUT2D eigenvalue weighted by molar-refractivity contribution is 8.13. The predicted molar refractivity (Wildman–Crippen MR) is 97.9 cm³/mol. The van der Waals surface area contributed by atoms with Gasteiger partial charge in [-0.15, -0.1) is 0 Å². The number of rotatable bonds is 5. The highest BCUT2D eigenvalue weighted by Gasteiger charge is 2.51. The van der Waals surface area contributed by atoms with Gasteiger partial charge in [0, 0.05) is 5.56 Å². The number of hydrogen-bond acceptors (Lipinski definition) is 4. The zero-order valence-corrected chi connectivity index (χ0v) is 16.4. The van der Waals surface area contributed by atoms with E-state index in [9.17, 15) is 13.5 Å². The summed E-state index contributed by atoms with van der Waals surface area (Å²) in [6, 6.07) is 4.47. The van der Waals surface area contributed by atoms with Crippen LogP contribution in [-0.2, 0) is 15.7 Å². The van der Waals surface area contributed by atoms with Gasteiger partial charge >= 0.3 is 5.17 Å². The molecule has 0 aliphatic carbocycles. The minimum atomic E-state index is -3.96. The van der Waals surface area contributed by atoms with Gasteiger partial charge in [-0.3, -0.25) is 4.58 Å². The van der Waals surface area contributed by atoms with Crippen LogP contribution in [0.2, 0.25) is 5.02 Å². The number of nitrogens with two attached hydrogens (primary N) is 1. The van der Waals surface area contributed by atoms with Crippen LogP contribution in [-0.4, -0.2) is 53.6 Å². The SMILES string of the molecule is CCN1C(=[N+](CC)CC)SCC1(O)c1ccc(Cl)c(S(N)(=O)=O)c1. The number of benzene rings is 1. The summed E-state index contributed by atoms with van der Waals surface area (Å²) in [6.07, 6.45) is 0. The highest BCUT2D eigenvalue weighted by Crippen LogP contribution is 2.40. The number of thioether (sulfide) groups is 1. The highest BCUT2D eigenvalue weighted by atomic mass is 35.5. The molecular formula is C15H23ClN3O3S2+. The van der Waals surface area contributed by atoms with Gasteiger partial charge in [-0.2, -0.15) is 0 Å². The van der Waals surface area contributed by atoms with Gasteiger partial charge in [0.15, 0.2) is 0 Å². The van der Waals surface area contributed by atoms with Gasteiger partial charge < -0.3 is 5.11 Å². The van der Waals surface area contributed by atoms with Crippen molar-refractivity contribution >= 4 is 38.6 Å². The Labute approximate surface area is 152 Å². The molecule has 2 rings (SSSR count). The van der Waals surface area contributed by atoms with Crippen LogP contribution >= 0.6 is 23.4 Å². The number of aliphatic hydroxyl groups is 1. The number of nitrogens with zero attached hydrogens (tertiary/aromatic N) is 2. The van der Waals surface area contributed by atoms with Crippen LogP contribution in [0.15, 0.2) is 23.1 Å². The third-order valence-electron chi connectivity index (χ3n) is 4.13. The van der Waals surface area contributed by atoms with Gasteiger partial charge in [0.1, 0.15) is 4.90 Å². The van der Waals surface area contributed by atoms with E-state index in [0.717, 1.165) is 18.3 Å². The summed E-state index contributed by atoms with van der Waals surface area (Å²) in [5.74, 6) is 0.401. The summed E-state index contributed by atoms with van der Waals surface area (Å²) in [7, 11) is -3.96. The fraction of sp³-hybridized carbons (Fsp3) is 0.533. The maximum Gasteiger partial charge on any atom is 0.311 e. The van der Waals surface area contributed by atoms with Crippen LogP contribution in [0, 0.1) is 0 Å². The first-order valence-corrected chi connectivity index (χ1v) is 10.7. The molecule has 1 aliphatic heterocycles. The second-order valence-corrected chi connectivity index (χ2v) is 8.37. The summed E-state index contributed by atoms with van der Waals surface area (Å²) in [6.45, 7) is 8.32. The maximum atomic E-state index is 11.7. The quantitative estimate of drug-likeness (QED) is 0.743. The third-order valence-corrected chi connectivity index (χ3v) is 6.81. The number of primary sulfonamides is 1. The van der Waals surface area contributed by atoms with Crippen molar-refractivity contribution in [3.05, 3.63) is 28.8 Å². The van der Waals surface area contributed by atoms with Crippen molar-refractivity contribution in [3.8, 4) is 0 Å². The first-order valence-electron chi connectivity index (χ1n) is 7.76. The largest absolute Gasteiger partial charge is 0.349 e. The molecule has 1 atom stereocenters. The van der Waals surface area contributed by atoms with E-state index in [4.69, 9.17) is 16.7 Å². The van der Waals surface area contributed by atoms with E-state index in [1.807, 2.05) is 11.8 Å². The lowest BCUT2D eigenvalue weighted by Gasteiger charge is -2.28. The Morgan fingerprint density at radius 1 is 1.38 bits per heavy atom. The lowest BCUT2D eigenvalue weighted by molar-refractivity contribution is -0.523. The van der Waals surface area contributed by atoms with Crippen molar-refractivity contribution in [2.24, 2.45) is 5.14 Å². The van der Waals surface area contributed by atoms with E-state index in [1.54, 1.807) is 17.8 Å². The van der Waals surface area contributed by atoms with E-state index < -0.39 is 15.7 Å². The molecule has 134 valence electrons. The van der Waals surface area contributed by atoms with Gasteiger partial charge in [-0.25, -0.2) is 18.5 Å². The van der Waals surface area contributed by atoms with Crippen LogP contribution in [0.25, 0.3) is 0 Å². The van der Waals surface area contributed by atoms with E-state index >= 15 is 0 Å². The second-order valence-electron chi connectivity index (χ2n) is 5.49. The van der Waals surface area contributed by atoms with Gasteiger partial charge in [0.2, 0.25) is 15.7 Å². The lowest BCUT2D eigenvalue weighted by Crippen LogP contribution is -2.47. The molecule has 1 aromatic carbocycles. The summed E-state index contributed by atoms with van der Waals surface area (Å²) < 4.78 is 25.6. The standard InChI is InChI=1S/C15H23ClN3O3S2/c1-4-18(5-2)14-19(6-3)15(20,10-23-14)11-7-8-12(16)13(9-11)24(17,21)22/h7-9,20H,4-6,10H2,1-3H3,(H2,17,21,22)/q+1. The molecule has 1 heterocycles. The average molecular weight is 393 g/mol. The van der Waals surface area contributed by atoms with Gasteiger partial charge in [0.05, 0.1) is 30.4 Å². The van der Waals surface area contributed by atoms with Crippen LogP contribution < -0.4 is 5.14 Å². The molecule has 9 heteroatoms. The molecule has 1 aromatic rings. The summed E-state index contributed by atoms with van der Waals surface area (Å²) in [5.41, 5.74) is -0.839. The van der Waals surface area contributed by atoms with Crippen molar-refractivity contribution in [1.29, 1.82) is 0 Å². The molecule has 6 nitrogen and oxygen atoms in total. The van der Waals surface area contributed by atoms with E-state index in [1.165, 1.54) is 12.1 Å². The summed E-state index contributed by atoms with van der Waals surface area (Å²) >= 11 is 7.51. The molecule has 0 spiro atoms. The zero-order chi connectivity index (χ0) is 18.1. The van der Waals surface area contributed by atoms with Crippen LogP contribution in [0.3, 0.4) is 0 Å². The van der Waals surface area contributed by atoms with E-state index in [2.05, 4.69) is 18.4 Å². The maximum absolute atomic E-state index is 11.7. The average Bonchev–Trinajstić information content (AvgIpc) is 2.86. The van der Waals surface area contributed by atoms with Gasteiger partial charge in [0.25, 0.3) is 0 Å². The van der Waals surface area contributed by atoms with Crippen molar-refractivity contribution in [2.75, 3.05) is 25.4 Å². The minimum absolute atomic E-state index is 0.0477. The topological polar surface area (TPSA) is 86.6 Å². The molecule has 3 N–H and O–H groups in total. The number of sulfonamides is 1. The minimum Gasteiger partial charge on any atom is -0.349 e. The molecule has 1 aliphatic rings. The van der Waals surface area contributed by atoms with Crippen molar-refractivity contribution in [2.45, 2.75) is 31.4 Å². The Hall–Kier alpha value is -0.800. The molecule has 0 amide bonds. The smallest absolute Gasteiger partial charge is 0.311 e. The lowest BCUT2D eigenvalue weighted by atomic mass is 10.0. The fourth-order valence-corrected chi connectivity index (χ4v) is 5.44. The molecular weight excluding hydrogens is 370 g/mol. The monoisotopic (exact) mass is 392 g/mol. The fourth-order valence-electron chi connectivity index (χ4n) is 2.84. The van der Waals surface area contributed by atoms with E-state index in [0.29, 0.717) is 17.9 Å². The Morgan fingerprint density at radius 2 is 2.00 bits per heavy atom. The Bertz CT molecular complexity index is 761. The van der Waals surface area contributed by atoms with E-state index in [-0.39, 0.29) is 9.92 Å². The van der Waals surface area contributed by atoms with Crippen LogP contribution in [0.1, 0.15) is 26.3 Å². The Morgan fingerprint density at radius 3 is 2.50 bits per heavy atom. The summed E-state index contributed by atoms with van der Waals surface area (Å²) in [4.78, 5) is 1.72. The molecule has 24 heavy (non-hydrogen) atoms. The van der Waals surface area contributed by atoms with Crippen molar-refractivity contribution < 1.29 is 18.1 Å². The molecule has 1 saturated heterocycles. The first kappa shape index (κ1) is 19.5. The predicted octanol–water partition coefficient (Wildman–Crippen LogP) is 1.61. The zero-order valence-electron chi connectivity index (χ0n) is 14.0. The second kappa shape index (κ2) is 7.21. The third kappa shape index (κ3) is 3.43. The van der Waals surface area contributed by atoms with Crippen LogP contribution in [0.5, 0.6) is 0 Å². The normalized spacial score (nSPS) is 21.4. The number of amidine groups is 1. The molecule has 0 bridgehead atoms. The Balaban J connectivity index is 2.58. The van der Waals surface area contributed by atoms with Crippen molar-refractivity contribution in [3.63, 3.8) is 0 Å². The summed E-state index contributed by atoms with van der Waals surface area (Å²) in [5, 5.41) is 17.6. The first-order chi connectivity index (χ1) is 11.2. The Kier molecular flexibility index (Phi) is 5.87.